The van der Waals surface area contributed by atoms with Crippen LogP contribution in [-0.4, -0.2) is 9.55 Å². The van der Waals surface area contributed by atoms with Crippen LogP contribution in [0.4, 0.5) is 17.1 Å². The molecule has 0 atom stereocenters. The molecule has 0 fully saturated rings. The summed E-state index contributed by atoms with van der Waals surface area (Å²) in [5, 5.41) is 31.8. The first-order chi connectivity index (χ1) is 25.1. The first kappa shape index (κ1) is 28.5. The molecule has 6 heteroatoms. The van der Waals surface area contributed by atoms with E-state index in [0.717, 1.165) is 77.9 Å². The van der Waals surface area contributed by atoms with Crippen LogP contribution >= 0.6 is 0 Å². The van der Waals surface area contributed by atoms with Crippen molar-refractivity contribution in [1.82, 2.24) is 9.55 Å². The third-order valence-electron chi connectivity index (χ3n) is 10.5. The summed E-state index contributed by atoms with van der Waals surface area (Å²) >= 11 is 0. The molecule has 0 amide bonds. The SMILES string of the molecule is N#Cc1ccc2c(c1)C1(c3cc(C#N)ccc3-2)c2ccccc2N(c2cccc(-n3c4ccncc4c4cc(C#N)ccc43)c2)c2ccccc21. The van der Waals surface area contributed by atoms with E-state index in [1.54, 1.807) is 6.20 Å². The van der Waals surface area contributed by atoms with Crippen LogP contribution in [0.2, 0.25) is 0 Å². The predicted octanol–water partition coefficient (Wildman–Crippen LogP) is 9.94. The Morgan fingerprint density at radius 3 is 1.71 bits per heavy atom. The van der Waals surface area contributed by atoms with E-state index in [1.165, 1.54) is 0 Å². The molecule has 3 heterocycles. The Bertz CT molecular complexity index is 2820. The average Bonchev–Trinajstić information content (AvgIpc) is 3.67. The number of rotatable bonds is 2. The van der Waals surface area contributed by atoms with Crippen molar-refractivity contribution in [2.45, 2.75) is 5.41 Å². The van der Waals surface area contributed by atoms with E-state index in [2.05, 4.69) is 118 Å². The summed E-state index contributed by atoms with van der Waals surface area (Å²) in [6.07, 6.45) is 3.67. The zero-order chi connectivity index (χ0) is 34.3. The third-order valence-corrected chi connectivity index (χ3v) is 10.5. The number of fused-ring (bicyclic) bond motifs is 12. The van der Waals surface area contributed by atoms with Crippen LogP contribution in [0.1, 0.15) is 38.9 Å². The van der Waals surface area contributed by atoms with Crippen molar-refractivity contribution < 1.29 is 0 Å². The number of hydrogen-bond acceptors (Lipinski definition) is 5. The highest BCUT2D eigenvalue weighted by molar-refractivity contribution is 6.09. The van der Waals surface area contributed by atoms with Crippen LogP contribution in [-0.2, 0) is 5.41 Å². The Morgan fingerprint density at radius 2 is 1.06 bits per heavy atom. The fourth-order valence-corrected chi connectivity index (χ4v) is 8.55. The number of hydrogen-bond donors (Lipinski definition) is 0. The second-order valence-electron chi connectivity index (χ2n) is 13.0. The van der Waals surface area contributed by atoms with Crippen molar-refractivity contribution in [3.8, 4) is 35.0 Å². The van der Waals surface area contributed by atoms with Gasteiger partial charge in [-0.15, -0.1) is 0 Å². The largest absolute Gasteiger partial charge is 0.310 e. The van der Waals surface area contributed by atoms with Gasteiger partial charge in [0.2, 0.25) is 0 Å². The van der Waals surface area contributed by atoms with E-state index in [4.69, 9.17) is 0 Å². The summed E-state index contributed by atoms with van der Waals surface area (Å²) in [4.78, 5) is 6.74. The van der Waals surface area contributed by atoms with Gasteiger partial charge >= 0.3 is 0 Å². The van der Waals surface area contributed by atoms with E-state index < -0.39 is 5.41 Å². The molecule has 51 heavy (non-hydrogen) atoms. The van der Waals surface area contributed by atoms with Crippen LogP contribution < -0.4 is 4.90 Å². The maximum absolute atomic E-state index is 10.1. The van der Waals surface area contributed by atoms with Crippen LogP contribution in [0.15, 0.2) is 146 Å². The molecule has 8 aromatic rings. The highest BCUT2D eigenvalue weighted by atomic mass is 15.2. The van der Waals surface area contributed by atoms with E-state index in [0.29, 0.717) is 16.7 Å². The summed E-state index contributed by atoms with van der Waals surface area (Å²) in [5.41, 5.74) is 13.4. The number of nitriles is 3. The molecule has 1 aliphatic carbocycles. The van der Waals surface area contributed by atoms with Crippen molar-refractivity contribution in [3.63, 3.8) is 0 Å². The molecular weight excluding hydrogens is 625 g/mol. The molecular formula is C45H24N6. The number of para-hydroxylation sites is 2. The lowest BCUT2D eigenvalue weighted by Crippen LogP contribution is -2.36. The number of anilines is 3. The zero-order valence-electron chi connectivity index (χ0n) is 27.0. The summed E-state index contributed by atoms with van der Waals surface area (Å²) in [6, 6.07) is 52.3. The number of benzene rings is 6. The molecule has 6 aromatic carbocycles. The van der Waals surface area contributed by atoms with Gasteiger partial charge in [-0.3, -0.25) is 4.98 Å². The minimum Gasteiger partial charge on any atom is -0.310 e. The normalized spacial score (nSPS) is 13.2. The molecule has 10 rings (SSSR count). The lowest BCUT2D eigenvalue weighted by atomic mass is 9.64. The lowest BCUT2D eigenvalue weighted by Gasteiger charge is -2.45. The molecule has 1 aliphatic heterocycles. The topological polar surface area (TPSA) is 92.4 Å². The molecule has 0 radical (unpaired) electrons. The van der Waals surface area contributed by atoms with Gasteiger partial charge in [0.05, 0.1) is 62.7 Å². The number of aromatic nitrogens is 2. The quantitative estimate of drug-likeness (QED) is 0.186. The van der Waals surface area contributed by atoms with Crippen LogP contribution in [0.25, 0.3) is 38.6 Å². The van der Waals surface area contributed by atoms with Crippen molar-refractivity contribution in [3.05, 3.63) is 185 Å². The molecule has 0 bridgehead atoms. The Kier molecular flexibility index (Phi) is 5.89. The van der Waals surface area contributed by atoms with Crippen LogP contribution in [0, 0.1) is 34.0 Å². The maximum atomic E-state index is 10.1. The van der Waals surface area contributed by atoms with Crippen LogP contribution in [0.5, 0.6) is 0 Å². The molecule has 0 saturated carbocycles. The van der Waals surface area contributed by atoms with Crippen molar-refractivity contribution in [1.29, 1.82) is 15.8 Å². The molecule has 6 nitrogen and oxygen atoms in total. The Morgan fingerprint density at radius 1 is 0.490 bits per heavy atom. The van der Waals surface area contributed by atoms with Crippen LogP contribution in [0.3, 0.4) is 0 Å². The van der Waals surface area contributed by atoms with E-state index >= 15 is 0 Å². The van der Waals surface area contributed by atoms with Crippen molar-refractivity contribution >= 4 is 38.9 Å². The summed E-state index contributed by atoms with van der Waals surface area (Å²) in [6.45, 7) is 0. The first-order valence-electron chi connectivity index (χ1n) is 16.6. The third kappa shape index (κ3) is 3.75. The summed E-state index contributed by atoms with van der Waals surface area (Å²) in [7, 11) is 0. The van der Waals surface area contributed by atoms with E-state index in [1.807, 2.05) is 54.7 Å². The summed E-state index contributed by atoms with van der Waals surface area (Å²) in [5.74, 6) is 0. The monoisotopic (exact) mass is 648 g/mol. The van der Waals surface area contributed by atoms with Gasteiger partial charge in [-0.2, -0.15) is 15.8 Å². The Balaban J connectivity index is 1.26. The van der Waals surface area contributed by atoms with Gasteiger partial charge in [-0.05, 0) is 112 Å². The molecule has 0 saturated heterocycles. The van der Waals surface area contributed by atoms with E-state index in [9.17, 15) is 15.8 Å². The fourth-order valence-electron chi connectivity index (χ4n) is 8.55. The average molecular weight is 649 g/mol. The fraction of sp³-hybridized carbons (Fsp3) is 0.0222. The van der Waals surface area contributed by atoms with Gasteiger partial charge in [-0.1, -0.05) is 54.6 Å². The minimum atomic E-state index is -0.760. The molecule has 234 valence electrons. The first-order valence-corrected chi connectivity index (χ1v) is 16.6. The molecule has 0 N–H and O–H groups in total. The highest BCUT2D eigenvalue weighted by Gasteiger charge is 2.52. The molecule has 2 aliphatic rings. The Hall–Kier alpha value is -7.46. The molecule has 2 aromatic heterocycles. The zero-order valence-corrected chi connectivity index (χ0v) is 27.0. The predicted molar refractivity (Wildman–Crippen MR) is 198 cm³/mol. The van der Waals surface area contributed by atoms with Gasteiger partial charge in [0, 0.05) is 34.5 Å². The van der Waals surface area contributed by atoms with Gasteiger partial charge in [0.25, 0.3) is 0 Å². The molecule has 0 unspecified atom stereocenters. The Labute approximate surface area is 293 Å². The lowest BCUT2D eigenvalue weighted by molar-refractivity contribution is 0.752. The van der Waals surface area contributed by atoms with Crippen molar-refractivity contribution in [2.75, 3.05) is 4.90 Å². The van der Waals surface area contributed by atoms with Gasteiger partial charge < -0.3 is 9.47 Å². The van der Waals surface area contributed by atoms with Gasteiger partial charge in [-0.25, -0.2) is 0 Å². The second-order valence-corrected chi connectivity index (χ2v) is 13.0. The standard InChI is InChI=1S/C45H24N6/c46-24-28-14-17-41-35(20-28)36-27-49-19-18-42(36)50(41)31-6-5-7-32(23-31)51-43-10-3-1-8-37(43)45(38-9-2-4-11-44(38)51)39-21-29(25-47)12-15-33(39)34-16-13-30(26-48)22-40(34)45/h1-23,27H. The van der Waals surface area contributed by atoms with Crippen molar-refractivity contribution in [2.24, 2.45) is 0 Å². The van der Waals surface area contributed by atoms with Gasteiger partial charge in [0.15, 0.2) is 0 Å². The number of nitrogens with zero attached hydrogens (tertiary/aromatic N) is 6. The second kappa shape index (κ2) is 10.5. The smallest absolute Gasteiger partial charge is 0.0991 e. The van der Waals surface area contributed by atoms with E-state index in [-0.39, 0.29) is 0 Å². The minimum absolute atomic E-state index is 0.592. The van der Waals surface area contributed by atoms with Gasteiger partial charge in [0.1, 0.15) is 0 Å². The molecule has 1 spiro atoms. The summed E-state index contributed by atoms with van der Waals surface area (Å²) < 4.78 is 2.23. The number of pyridine rings is 1. The highest BCUT2D eigenvalue weighted by Crippen LogP contribution is 2.63. The maximum Gasteiger partial charge on any atom is 0.0991 e.